The van der Waals surface area contributed by atoms with Gasteiger partial charge in [0, 0.05) is 5.69 Å². The highest BCUT2D eigenvalue weighted by molar-refractivity contribution is 8.00. The summed E-state index contributed by atoms with van der Waals surface area (Å²) >= 11 is 1.44. The Kier molecular flexibility index (Phi) is 4.85. The molecule has 2 atom stereocenters. The van der Waals surface area contributed by atoms with E-state index < -0.39 is 0 Å². The van der Waals surface area contributed by atoms with Crippen LogP contribution in [0.1, 0.15) is 34.1 Å². The molecule has 4 rings (SSSR count). The van der Waals surface area contributed by atoms with Crippen molar-refractivity contribution in [2.45, 2.75) is 44.1 Å². The van der Waals surface area contributed by atoms with E-state index in [1.807, 2.05) is 37.6 Å². The van der Waals surface area contributed by atoms with Crippen molar-refractivity contribution in [1.82, 2.24) is 14.9 Å². The van der Waals surface area contributed by atoms with E-state index in [2.05, 4.69) is 58.2 Å². The summed E-state index contributed by atoms with van der Waals surface area (Å²) in [7, 11) is 0. The summed E-state index contributed by atoms with van der Waals surface area (Å²) in [6.07, 6.45) is 0. The molecule has 1 aliphatic rings. The van der Waals surface area contributed by atoms with E-state index >= 15 is 0 Å². The van der Waals surface area contributed by atoms with E-state index in [1.54, 1.807) is 0 Å². The molecule has 1 amide bonds. The predicted octanol–water partition coefficient (Wildman–Crippen LogP) is 3.91. The molecule has 3 aromatic rings. The molecule has 2 aromatic carbocycles. The van der Waals surface area contributed by atoms with Gasteiger partial charge in [0.15, 0.2) is 0 Å². The Morgan fingerprint density at radius 3 is 2.36 bits per heavy atom. The van der Waals surface area contributed by atoms with Crippen molar-refractivity contribution in [3.63, 3.8) is 0 Å². The van der Waals surface area contributed by atoms with Crippen LogP contribution in [0.5, 0.6) is 0 Å². The quantitative estimate of drug-likeness (QED) is 0.706. The number of anilines is 1. The first-order valence-corrected chi connectivity index (χ1v) is 10.1. The zero-order valence-corrected chi connectivity index (χ0v) is 17.2. The number of aryl methyl sites for hydroxylation is 4. The third-order valence-electron chi connectivity index (χ3n) is 4.78. The summed E-state index contributed by atoms with van der Waals surface area (Å²) in [5.41, 5.74) is 8.72. The molecule has 144 valence electrons. The van der Waals surface area contributed by atoms with Crippen molar-refractivity contribution in [1.29, 1.82) is 0 Å². The molecule has 0 saturated carbocycles. The molecular weight excluding hydrogens is 370 g/mol. The summed E-state index contributed by atoms with van der Waals surface area (Å²) in [6, 6.07) is 14.1. The molecule has 0 unspecified atom stereocenters. The summed E-state index contributed by atoms with van der Waals surface area (Å²) in [5.74, 6) is 0.716. The van der Waals surface area contributed by atoms with Crippen LogP contribution in [0.2, 0.25) is 0 Å². The molecule has 1 aliphatic heterocycles. The normalized spacial score (nSPS) is 18.3. The number of amides is 1. The molecule has 2 heterocycles. The maximum absolute atomic E-state index is 13.2. The van der Waals surface area contributed by atoms with E-state index in [0.717, 1.165) is 28.2 Å². The van der Waals surface area contributed by atoms with E-state index in [4.69, 9.17) is 0 Å². The number of fused-ring (bicyclic) bond motifs is 1. The van der Waals surface area contributed by atoms with Crippen LogP contribution in [-0.2, 0) is 4.79 Å². The SMILES string of the molecule is Cc1ccc([C@H]2Nn3c(C)nnc3S[C@@H]2C(=O)Nc2cc(C)cc(C)c2)cc1. The van der Waals surface area contributed by atoms with Crippen LogP contribution in [0.25, 0.3) is 0 Å². The Morgan fingerprint density at radius 2 is 1.68 bits per heavy atom. The van der Waals surface area contributed by atoms with Gasteiger partial charge >= 0.3 is 0 Å². The van der Waals surface area contributed by atoms with Gasteiger partial charge in [-0.3, -0.25) is 4.79 Å². The standard InChI is InChI=1S/C21H23N5OS/c1-12-5-7-16(8-6-12)18-19(28-21-24-23-15(4)26(21)25-18)20(27)22-17-10-13(2)9-14(3)11-17/h5-11,18-19,25H,1-4H3,(H,22,27)/t18-,19+/m1/s1. The molecule has 7 heteroatoms. The number of rotatable bonds is 3. The Hall–Kier alpha value is -2.80. The molecule has 0 saturated heterocycles. The number of carbonyl (C=O) groups is 1. The zero-order chi connectivity index (χ0) is 19.8. The molecule has 28 heavy (non-hydrogen) atoms. The van der Waals surface area contributed by atoms with Crippen LogP contribution in [0, 0.1) is 27.7 Å². The summed E-state index contributed by atoms with van der Waals surface area (Å²) < 4.78 is 1.86. The lowest BCUT2D eigenvalue weighted by molar-refractivity contribution is -0.116. The lowest BCUT2D eigenvalue weighted by atomic mass is 10.0. The highest BCUT2D eigenvalue weighted by Gasteiger charge is 2.37. The van der Waals surface area contributed by atoms with Crippen LogP contribution >= 0.6 is 11.8 Å². The second-order valence-electron chi connectivity index (χ2n) is 7.29. The molecule has 0 radical (unpaired) electrons. The maximum atomic E-state index is 13.2. The van der Waals surface area contributed by atoms with Gasteiger partial charge in [-0.15, -0.1) is 10.2 Å². The Bertz CT molecular complexity index is 1010. The minimum absolute atomic E-state index is 0.0556. The fraction of sp³-hybridized carbons (Fsp3) is 0.286. The van der Waals surface area contributed by atoms with Crippen molar-refractivity contribution < 1.29 is 4.79 Å². The van der Waals surface area contributed by atoms with Crippen LogP contribution in [0.15, 0.2) is 47.6 Å². The minimum Gasteiger partial charge on any atom is -0.325 e. The van der Waals surface area contributed by atoms with Crippen molar-refractivity contribution in [3.8, 4) is 0 Å². The van der Waals surface area contributed by atoms with E-state index in [9.17, 15) is 4.79 Å². The highest BCUT2D eigenvalue weighted by Crippen LogP contribution is 2.37. The molecule has 6 nitrogen and oxygen atoms in total. The number of nitrogens with one attached hydrogen (secondary N) is 2. The first kappa shape index (κ1) is 18.6. The van der Waals surface area contributed by atoms with Gasteiger partial charge in [-0.1, -0.05) is 47.7 Å². The number of nitrogens with zero attached hydrogens (tertiary/aromatic N) is 3. The van der Waals surface area contributed by atoms with Gasteiger partial charge in [-0.25, -0.2) is 4.68 Å². The lowest BCUT2D eigenvalue weighted by Crippen LogP contribution is -2.41. The second-order valence-corrected chi connectivity index (χ2v) is 8.40. The minimum atomic E-state index is -0.375. The van der Waals surface area contributed by atoms with Crippen LogP contribution in [0.3, 0.4) is 0 Å². The third kappa shape index (κ3) is 3.62. The number of carbonyl (C=O) groups excluding carboxylic acids is 1. The van der Waals surface area contributed by atoms with Crippen molar-refractivity contribution >= 4 is 23.4 Å². The first-order chi connectivity index (χ1) is 13.4. The average Bonchev–Trinajstić information content (AvgIpc) is 3.01. The van der Waals surface area contributed by atoms with Gasteiger partial charge in [0.2, 0.25) is 11.1 Å². The van der Waals surface area contributed by atoms with E-state index in [1.165, 1.54) is 17.3 Å². The predicted molar refractivity (Wildman–Crippen MR) is 112 cm³/mol. The zero-order valence-electron chi connectivity index (χ0n) is 16.4. The lowest BCUT2D eigenvalue weighted by Gasteiger charge is -2.32. The summed E-state index contributed by atoms with van der Waals surface area (Å²) in [6.45, 7) is 8.01. The number of aromatic nitrogens is 3. The fourth-order valence-corrected chi connectivity index (χ4v) is 4.57. The molecular formula is C21H23N5OS. The molecule has 2 N–H and O–H groups in total. The molecule has 0 aliphatic carbocycles. The fourth-order valence-electron chi connectivity index (χ4n) is 3.44. The van der Waals surface area contributed by atoms with Crippen LogP contribution in [-0.4, -0.2) is 26.0 Å². The Morgan fingerprint density at radius 1 is 1.00 bits per heavy atom. The number of hydrogen-bond acceptors (Lipinski definition) is 5. The Labute approximate surface area is 168 Å². The highest BCUT2D eigenvalue weighted by atomic mass is 32.2. The molecule has 1 aromatic heterocycles. The van der Waals surface area contributed by atoms with Gasteiger partial charge in [0.05, 0.1) is 6.04 Å². The topological polar surface area (TPSA) is 71.8 Å². The monoisotopic (exact) mass is 393 g/mol. The van der Waals surface area contributed by atoms with Crippen LogP contribution < -0.4 is 10.7 Å². The van der Waals surface area contributed by atoms with Crippen molar-refractivity contribution in [2.75, 3.05) is 10.7 Å². The molecule has 0 spiro atoms. The Balaban J connectivity index is 1.67. The third-order valence-corrected chi connectivity index (χ3v) is 6.00. The first-order valence-electron chi connectivity index (χ1n) is 9.21. The molecule has 0 bridgehead atoms. The summed E-state index contributed by atoms with van der Waals surface area (Å²) in [5, 5.41) is 11.7. The number of benzene rings is 2. The van der Waals surface area contributed by atoms with Crippen molar-refractivity contribution in [2.24, 2.45) is 0 Å². The average molecular weight is 394 g/mol. The number of hydrogen-bond donors (Lipinski definition) is 2. The van der Waals surface area contributed by atoms with Crippen molar-refractivity contribution in [3.05, 3.63) is 70.5 Å². The summed E-state index contributed by atoms with van der Waals surface area (Å²) in [4.78, 5) is 13.2. The van der Waals surface area contributed by atoms with Gasteiger partial charge in [0.25, 0.3) is 0 Å². The van der Waals surface area contributed by atoms with E-state index in [-0.39, 0.29) is 17.2 Å². The number of thioether (sulfide) groups is 1. The smallest absolute Gasteiger partial charge is 0.240 e. The molecule has 0 fully saturated rings. The largest absolute Gasteiger partial charge is 0.325 e. The van der Waals surface area contributed by atoms with E-state index in [0.29, 0.717) is 5.16 Å². The van der Waals surface area contributed by atoms with Gasteiger partial charge < -0.3 is 10.7 Å². The maximum Gasteiger partial charge on any atom is 0.240 e. The van der Waals surface area contributed by atoms with Gasteiger partial charge in [-0.2, -0.15) is 0 Å². The second kappa shape index (κ2) is 7.31. The van der Waals surface area contributed by atoms with Gasteiger partial charge in [0.1, 0.15) is 11.1 Å². The van der Waals surface area contributed by atoms with Crippen LogP contribution in [0.4, 0.5) is 5.69 Å². The van der Waals surface area contributed by atoms with Gasteiger partial charge in [-0.05, 0) is 56.5 Å².